The molecule has 0 saturated heterocycles. The quantitative estimate of drug-likeness (QED) is 0.191. The number of anilines is 2. The van der Waals surface area contributed by atoms with Gasteiger partial charge in [0, 0.05) is 60.4 Å². The van der Waals surface area contributed by atoms with E-state index in [9.17, 15) is 0 Å². The van der Waals surface area contributed by atoms with Gasteiger partial charge in [-0.25, -0.2) is 0 Å². The fourth-order valence-corrected chi connectivity index (χ4v) is 8.17. The van der Waals surface area contributed by atoms with Crippen LogP contribution in [0.15, 0.2) is 220 Å². The Morgan fingerprint density at radius 2 is 0.552 bits per heavy atom. The van der Waals surface area contributed by atoms with E-state index in [2.05, 4.69) is 163 Å². The van der Waals surface area contributed by atoms with Crippen LogP contribution in [0.3, 0.4) is 0 Å². The molecule has 1 N–H and O–H groups in total. The van der Waals surface area contributed by atoms with Crippen molar-refractivity contribution in [2.24, 2.45) is 0 Å². The van der Waals surface area contributed by atoms with Crippen molar-refractivity contribution >= 4 is 77.2 Å². The van der Waals surface area contributed by atoms with E-state index in [1.165, 1.54) is 16.3 Å². The number of furan rings is 3. The first-order chi connectivity index (χ1) is 28.7. The highest BCUT2D eigenvalue weighted by molar-refractivity contribution is 6.11. The molecule has 3 aromatic heterocycles. The molecule has 0 bridgehead atoms. The standard InChI is InChI=1S/C36H23NO2.C18H12O/c1-3-13-33-29(7-1)31-11-5-9-27(35(31)38-33)23-15-19-25(20-16-23)37-26-21-17-24(18-22-26)28-10-6-12-32-30-8-2-4-14-34(30)39-36(28)32;1-2-7-13(8-3-1)14-10-6-11-16-15-9-4-5-12-17(15)19-18(14)16/h1-22,37H;1-12H. The van der Waals surface area contributed by atoms with Crippen LogP contribution in [0, 0.1) is 0 Å². The third-order valence-corrected chi connectivity index (χ3v) is 11.0. The summed E-state index contributed by atoms with van der Waals surface area (Å²) < 4.78 is 18.5. The molecule has 58 heavy (non-hydrogen) atoms. The Morgan fingerprint density at radius 1 is 0.241 bits per heavy atom. The van der Waals surface area contributed by atoms with Crippen molar-refractivity contribution in [1.82, 2.24) is 0 Å². The summed E-state index contributed by atoms with van der Waals surface area (Å²) in [6.45, 7) is 0. The van der Waals surface area contributed by atoms with Gasteiger partial charge in [0.1, 0.15) is 33.5 Å². The lowest BCUT2D eigenvalue weighted by atomic mass is 10.0. The van der Waals surface area contributed by atoms with Gasteiger partial charge in [-0.05, 0) is 59.2 Å². The van der Waals surface area contributed by atoms with Gasteiger partial charge >= 0.3 is 0 Å². The Kier molecular flexibility index (Phi) is 8.11. The molecule has 0 radical (unpaired) electrons. The molecule has 4 nitrogen and oxygen atoms in total. The molecule has 0 atom stereocenters. The first kappa shape index (κ1) is 33.5. The van der Waals surface area contributed by atoms with E-state index in [1.807, 2.05) is 48.5 Å². The van der Waals surface area contributed by atoms with E-state index in [0.29, 0.717) is 0 Å². The van der Waals surface area contributed by atoms with Gasteiger partial charge < -0.3 is 18.6 Å². The first-order valence-electron chi connectivity index (χ1n) is 19.5. The molecule has 0 unspecified atom stereocenters. The topological polar surface area (TPSA) is 51.5 Å². The van der Waals surface area contributed by atoms with Crippen molar-refractivity contribution < 1.29 is 13.3 Å². The van der Waals surface area contributed by atoms with Crippen LogP contribution in [0.5, 0.6) is 0 Å². The number of hydrogen-bond acceptors (Lipinski definition) is 4. The molecule has 274 valence electrons. The van der Waals surface area contributed by atoms with Gasteiger partial charge in [-0.3, -0.25) is 0 Å². The molecule has 12 aromatic rings. The zero-order valence-corrected chi connectivity index (χ0v) is 31.4. The summed E-state index contributed by atoms with van der Waals surface area (Å²) in [7, 11) is 0. The summed E-state index contributed by atoms with van der Waals surface area (Å²) in [6, 6.07) is 70.9. The van der Waals surface area contributed by atoms with Gasteiger partial charge in [0.05, 0.1) is 0 Å². The van der Waals surface area contributed by atoms with Crippen molar-refractivity contribution in [3.63, 3.8) is 0 Å². The number of rotatable bonds is 5. The number of fused-ring (bicyclic) bond motifs is 9. The molecule has 0 fully saturated rings. The van der Waals surface area contributed by atoms with E-state index in [-0.39, 0.29) is 0 Å². The molecule has 0 spiro atoms. The highest BCUT2D eigenvalue weighted by Crippen LogP contribution is 2.39. The minimum absolute atomic E-state index is 0.915. The largest absolute Gasteiger partial charge is 0.455 e. The Bertz CT molecular complexity index is 3250. The van der Waals surface area contributed by atoms with Gasteiger partial charge in [0.15, 0.2) is 0 Å². The molecule has 0 saturated carbocycles. The molecular formula is C54H35NO3. The zero-order valence-electron chi connectivity index (χ0n) is 31.4. The van der Waals surface area contributed by atoms with E-state index in [0.717, 1.165) is 94.2 Å². The van der Waals surface area contributed by atoms with E-state index in [1.54, 1.807) is 0 Å². The van der Waals surface area contributed by atoms with Crippen molar-refractivity contribution in [3.8, 4) is 33.4 Å². The lowest BCUT2D eigenvalue weighted by molar-refractivity contribution is 0.669. The monoisotopic (exact) mass is 745 g/mol. The number of para-hydroxylation sites is 6. The van der Waals surface area contributed by atoms with E-state index < -0.39 is 0 Å². The van der Waals surface area contributed by atoms with Gasteiger partial charge in [-0.15, -0.1) is 0 Å². The van der Waals surface area contributed by atoms with Crippen molar-refractivity contribution in [2.45, 2.75) is 0 Å². The first-order valence-corrected chi connectivity index (χ1v) is 19.5. The normalized spacial score (nSPS) is 11.4. The Morgan fingerprint density at radius 3 is 0.931 bits per heavy atom. The maximum Gasteiger partial charge on any atom is 0.143 e. The predicted octanol–water partition coefficient (Wildman–Crippen LogP) is 15.8. The highest BCUT2D eigenvalue weighted by Gasteiger charge is 2.14. The molecule has 0 aliphatic rings. The van der Waals surface area contributed by atoms with Crippen LogP contribution in [-0.2, 0) is 0 Å². The summed E-state index contributed by atoms with van der Waals surface area (Å²) in [5, 5.41) is 10.5. The average molecular weight is 746 g/mol. The molecule has 3 heterocycles. The average Bonchev–Trinajstić information content (AvgIpc) is 3.99. The number of benzene rings is 9. The van der Waals surface area contributed by atoms with E-state index in [4.69, 9.17) is 13.3 Å². The molecule has 0 aliphatic heterocycles. The van der Waals surface area contributed by atoms with Crippen LogP contribution < -0.4 is 5.32 Å². The highest BCUT2D eigenvalue weighted by atomic mass is 16.3. The van der Waals surface area contributed by atoms with Crippen LogP contribution in [0.2, 0.25) is 0 Å². The maximum absolute atomic E-state index is 6.23. The SMILES string of the molecule is c1ccc(-c2cccc3c2oc2ccccc23)cc1.c1ccc2c(c1)oc1c(-c3ccc(Nc4ccc(-c5cccc6c5oc5ccccc56)cc4)cc3)cccc12. The smallest absolute Gasteiger partial charge is 0.143 e. The van der Waals surface area contributed by atoms with Crippen molar-refractivity contribution in [2.75, 3.05) is 5.32 Å². The van der Waals surface area contributed by atoms with Crippen molar-refractivity contribution in [3.05, 3.63) is 206 Å². The van der Waals surface area contributed by atoms with Crippen LogP contribution >= 0.6 is 0 Å². The lowest BCUT2D eigenvalue weighted by Crippen LogP contribution is -1.90. The molecule has 9 aromatic carbocycles. The van der Waals surface area contributed by atoms with Crippen LogP contribution in [0.1, 0.15) is 0 Å². The molecule has 12 rings (SSSR count). The number of hydrogen-bond donors (Lipinski definition) is 1. The van der Waals surface area contributed by atoms with Crippen LogP contribution in [0.25, 0.3) is 99.2 Å². The molecular weight excluding hydrogens is 711 g/mol. The second-order valence-corrected chi connectivity index (χ2v) is 14.5. The summed E-state index contributed by atoms with van der Waals surface area (Å²) in [5.74, 6) is 0. The second kappa shape index (κ2) is 14.0. The Hall–Kier alpha value is -7.82. The minimum Gasteiger partial charge on any atom is -0.455 e. The summed E-state index contributed by atoms with van der Waals surface area (Å²) in [6.07, 6.45) is 0. The van der Waals surface area contributed by atoms with Gasteiger partial charge in [0.25, 0.3) is 0 Å². The maximum atomic E-state index is 6.23. The van der Waals surface area contributed by atoms with E-state index >= 15 is 0 Å². The van der Waals surface area contributed by atoms with Crippen LogP contribution in [0.4, 0.5) is 11.4 Å². The van der Waals surface area contributed by atoms with Gasteiger partial charge in [0.2, 0.25) is 0 Å². The Labute approximate surface area is 334 Å². The fraction of sp³-hybridized carbons (Fsp3) is 0. The second-order valence-electron chi connectivity index (χ2n) is 14.5. The third kappa shape index (κ3) is 5.87. The zero-order chi connectivity index (χ0) is 38.4. The van der Waals surface area contributed by atoms with Crippen molar-refractivity contribution in [1.29, 1.82) is 0 Å². The van der Waals surface area contributed by atoms with Crippen LogP contribution in [-0.4, -0.2) is 0 Å². The summed E-state index contributed by atoms with van der Waals surface area (Å²) in [4.78, 5) is 0. The van der Waals surface area contributed by atoms with Gasteiger partial charge in [-0.2, -0.15) is 0 Å². The minimum atomic E-state index is 0.915. The fourth-order valence-electron chi connectivity index (χ4n) is 8.17. The summed E-state index contributed by atoms with van der Waals surface area (Å²) in [5.41, 5.74) is 14.4. The Balaban J connectivity index is 0.000000169. The van der Waals surface area contributed by atoms with Gasteiger partial charge in [-0.1, -0.05) is 164 Å². The number of nitrogens with one attached hydrogen (secondary N) is 1. The third-order valence-electron chi connectivity index (χ3n) is 11.0. The molecule has 4 heteroatoms. The molecule has 0 amide bonds. The predicted molar refractivity (Wildman–Crippen MR) is 241 cm³/mol. The lowest BCUT2D eigenvalue weighted by Gasteiger charge is -2.10. The summed E-state index contributed by atoms with van der Waals surface area (Å²) >= 11 is 0. The molecule has 0 aliphatic carbocycles.